The summed E-state index contributed by atoms with van der Waals surface area (Å²) in [6.45, 7) is 2.86. The Morgan fingerprint density at radius 2 is 1.84 bits per heavy atom. The number of nitrogens with two attached hydrogens (primary N) is 2. The van der Waals surface area contributed by atoms with Crippen molar-refractivity contribution in [1.29, 1.82) is 0 Å². The monoisotopic (exact) mass is 670 g/mol. The first kappa shape index (κ1) is 32.9. The Labute approximate surface area is 278 Å². The number of carboxylic acid groups (broad SMARTS) is 1. The average molecular weight is 671 g/mol. The maximum Gasteiger partial charge on any atom is 0.343 e. The molecule has 0 saturated heterocycles. The molecule has 2 aromatic heterocycles. The maximum atomic E-state index is 16.2. The number of carbonyl (C=O) groups excluding carboxylic acids is 1. The number of esters is 1. The lowest BCUT2D eigenvalue weighted by Crippen LogP contribution is -2.22. The first-order valence-corrected chi connectivity index (χ1v) is 15.5. The molecule has 0 bridgehead atoms. The molecule has 6 N–H and O–H groups in total. The van der Waals surface area contributed by atoms with Crippen LogP contribution in [-0.4, -0.2) is 49.8 Å². The van der Waals surface area contributed by atoms with Gasteiger partial charge in [0.15, 0.2) is 5.82 Å². The lowest BCUT2D eigenvalue weighted by atomic mass is 9.98. The van der Waals surface area contributed by atoms with Gasteiger partial charge in [0.25, 0.3) is 0 Å². The molecule has 5 aromatic rings. The van der Waals surface area contributed by atoms with E-state index < -0.39 is 29.0 Å². The number of carboxylic acids is 1. The maximum absolute atomic E-state index is 16.2. The van der Waals surface area contributed by atoms with E-state index in [1.54, 1.807) is 42.0 Å². The number of benzene rings is 3. The Hall–Kier alpha value is -6.05. The van der Waals surface area contributed by atoms with Gasteiger partial charge in [-0.3, -0.25) is 4.79 Å². The van der Waals surface area contributed by atoms with Crippen LogP contribution in [0.1, 0.15) is 57.7 Å². The van der Waals surface area contributed by atoms with Gasteiger partial charge in [-0.05, 0) is 67.6 Å². The fourth-order valence-corrected chi connectivity index (χ4v) is 5.91. The number of phenols is 1. The highest BCUT2D eigenvalue weighted by molar-refractivity contribution is 5.95. The molecule has 1 fully saturated rings. The zero-order chi connectivity index (χ0) is 35.0. The summed E-state index contributed by atoms with van der Waals surface area (Å²) in [5.74, 6) is -3.41. The van der Waals surface area contributed by atoms with E-state index in [2.05, 4.69) is 14.9 Å². The molecule has 1 saturated carbocycles. The van der Waals surface area contributed by atoms with Gasteiger partial charge < -0.3 is 35.9 Å². The molecule has 49 heavy (non-hydrogen) atoms. The van der Waals surface area contributed by atoms with Crippen molar-refractivity contribution in [2.45, 2.75) is 38.8 Å². The number of pyridine rings is 1. The second-order valence-corrected chi connectivity index (χ2v) is 11.7. The number of fused-ring (bicyclic) bond motifs is 2. The van der Waals surface area contributed by atoms with Crippen molar-refractivity contribution in [3.05, 3.63) is 105 Å². The number of halogens is 2. The molecule has 1 aliphatic carbocycles. The van der Waals surface area contributed by atoms with E-state index in [0.717, 1.165) is 35.7 Å². The van der Waals surface area contributed by atoms with Gasteiger partial charge in [-0.25, -0.2) is 23.4 Å². The minimum Gasteiger partial charge on any atom is -0.507 e. The summed E-state index contributed by atoms with van der Waals surface area (Å²) < 4.78 is 38.3. The molecule has 0 atom stereocenters. The van der Waals surface area contributed by atoms with Crippen molar-refractivity contribution in [2.75, 3.05) is 29.5 Å². The van der Waals surface area contributed by atoms with Gasteiger partial charge in [0.2, 0.25) is 11.4 Å². The molecule has 2 aliphatic rings. The van der Waals surface area contributed by atoms with E-state index in [0.29, 0.717) is 30.9 Å². The highest BCUT2D eigenvalue weighted by atomic mass is 19.1. The summed E-state index contributed by atoms with van der Waals surface area (Å²) >= 11 is 0. The normalized spacial score (nSPS) is 13.5. The van der Waals surface area contributed by atoms with Gasteiger partial charge in [0.05, 0.1) is 23.1 Å². The molecule has 0 spiro atoms. The van der Waals surface area contributed by atoms with Crippen LogP contribution < -0.4 is 21.8 Å². The summed E-state index contributed by atoms with van der Waals surface area (Å²) in [5.41, 5.74) is 13.3. The summed E-state index contributed by atoms with van der Waals surface area (Å²) in [7, 11) is 0. The number of para-hydroxylation sites is 1. The van der Waals surface area contributed by atoms with Crippen LogP contribution in [-0.2, 0) is 17.7 Å². The smallest absolute Gasteiger partial charge is 0.343 e. The second-order valence-electron chi connectivity index (χ2n) is 11.7. The van der Waals surface area contributed by atoms with E-state index >= 15 is 8.78 Å². The van der Waals surface area contributed by atoms with E-state index in [-0.39, 0.29) is 51.9 Å². The number of aromatic hydroxyl groups is 1. The number of ether oxygens (including phenoxy) is 1. The van der Waals surface area contributed by atoms with Gasteiger partial charge in [0.1, 0.15) is 28.5 Å². The Morgan fingerprint density at radius 3 is 2.49 bits per heavy atom. The van der Waals surface area contributed by atoms with Gasteiger partial charge in [-0.2, -0.15) is 4.98 Å². The Balaban J connectivity index is 0.000000359. The number of aromatic nitrogens is 3. The number of anilines is 3. The summed E-state index contributed by atoms with van der Waals surface area (Å²) in [6.07, 6.45) is 5.15. The van der Waals surface area contributed by atoms with Crippen molar-refractivity contribution in [3.8, 4) is 16.9 Å². The fraction of sp³-hybridized carbons (Fsp3) is 0.229. The largest absolute Gasteiger partial charge is 0.507 e. The number of hydrogen-bond acceptors (Lipinski definition) is 10. The SMILES string of the molecule is CCOC(=O)c1cn(C2CC2)c2c(F)c(-c3ccc4c(c3)CCN4Cc3cnc(N)nc3N)c(F)cc2c1=O.O=C(O)c1ccccc1O. The number of aromatic carboxylic acids is 1. The van der Waals surface area contributed by atoms with E-state index in [1.165, 1.54) is 18.3 Å². The third kappa shape index (κ3) is 6.44. The molecule has 0 amide bonds. The van der Waals surface area contributed by atoms with Gasteiger partial charge in [-0.15, -0.1) is 0 Å². The lowest BCUT2D eigenvalue weighted by Gasteiger charge is -2.20. The molecule has 3 heterocycles. The van der Waals surface area contributed by atoms with Crippen LogP contribution in [0.15, 0.2) is 65.7 Å². The third-order valence-electron chi connectivity index (χ3n) is 8.42. The van der Waals surface area contributed by atoms with Gasteiger partial charge in [-0.1, -0.05) is 18.2 Å². The Kier molecular flexibility index (Phi) is 8.87. The van der Waals surface area contributed by atoms with Gasteiger partial charge in [0, 0.05) is 42.8 Å². The zero-order valence-electron chi connectivity index (χ0n) is 26.3. The average Bonchev–Trinajstić information content (AvgIpc) is 3.84. The third-order valence-corrected chi connectivity index (χ3v) is 8.42. The van der Waals surface area contributed by atoms with Crippen molar-refractivity contribution in [1.82, 2.24) is 14.5 Å². The van der Waals surface area contributed by atoms with E-state index in [4.69, 9.17) is 26.4 Å². The molecule has 0 unspecified atom stereocenters. The van der Waals surface area contributed by atoms with Crippen LogP contribution in [0.5, 0.6) is 5.75 Å². The highest BCUT2D eigenvalue weighted by Gasteiger charge is 2.31. The van der Waals surface area contributed by atoms with Crippen molar-refractivity contribution >= 4 is 40.3 Å². The first-order valence-electron chi connectivity index (χ1n) is 15.5. The zero-order valence-corrected chi connectivity index (χ0v) is 26.3. The van der Waals surface area contributed by atoms with Crippen LogP contribution in [0.4, 0.5) is 26.2 Å². The Morgan fingerprint density at radius 1 is 1.08 bits per heavy atom. The van der Waals surface area contributed by atoms with Gasteiger partial charge >= 0.3 is 11.9 Å². The predicted molar refractivity (Wildman–Crippen MR) is 178 cm³/mol. The first-order chi connectivity index (χ1) is 23.5. The minimum atomic E-state index is -1.11. The van der Waals surface area contributed by atoms with E-state index in [1.807, 2.05) is 6.07 Å². The number of rotatable bonds is 7. The summed E-state index contributed by atoms with van der Waals surface area (Å²) in [4.78, 5) is 45.9. The lowest BCUT2D eigenvalue weighted by molar-refractivity contribution is 0.0523. The fourth-order valence-electron chi connectivity index (χ4n) is 5.91. The molecular weight excluding hydrogens is 638 g/mol. The molecular formula is C35H32F2N6O6. The van der Waals surface area contributed by atoms with Crippen molar-refractivity contribution in [2.24, 2.45) is 0 Å². The predicted octanol–water partition coefficient (Wildman–Crippen LogP) is 5.07. The van der Waals surface area contributed by atoms with Crippen LogP contribution in [0, 0.1) is 11.6 Å². The number of nitrogens with zero attached hydrogens (tertiary/aromatic N) is 4. The van der Waals surface area contributed by atoms with Crippen LogP contribution in [0.3, 0.4) is 0 Å². The minimum absolute atomic E-state index is 0.00657. The molecule has 0 radical (unpaired) electrons. The summed E-state index contributed by atoms with van der Waals surface area (Å²) in [6, 6.07) is 12.0. The number of hydrogen-bond donors (Lipinski definition) is 4. The molecule has 252 valence electrons. The standard InChI is InChI=1S/C28H26F2N6O3.C7H6O3/c1-2-39-27(38)19-13-36(17-4-5-17)24-18(25(19)37)10-20(29)22(23(24)30)15-3-6-21-14(9-15)7-8-35(21)12-16-11-33-28(32)34-26(16)31;8-6-4-2-1-3-5(6)7(9)10/h3,6,9-11,13,17H,2,4-5,7-8,12H2,1H3,(H4,31,32,33,34);1-4,8H,(H,9,10). The molecule has 3 aromatic carbocycles. The van der Waals surface area contributed by atoms with Crippen LogP contribution in [0.25, 0.3) is 22.0 Å². The Bertz CT molecular complexity index is 2190. The topological polar surface area (TPSA) is 187 Å². The van der Waals surface area contributed by atoms with Crippen LogP contribution in [0.2, 0.25) is 0 Å². The van der Waals surface area contributed by atoms with Crippen molar-refractivity contribution < 1.29 is 33.3 Å². The molecule has 14 heteroatoms. The second kappa shape index (κ2) is 13.2. The number of carbonyl (C=O) groups is 2. The molecule has 12 nitrogen and oxygen atoms in total. The quantitative estimate of drug-likeness (QED) is 0.169. The highest BCUT2D eigenvalue weighted by Crippen LogP contribution is 2.41. The molecule has 7 rings (SSSR count). The van der Waals surface area contributed by atoms with Crippen molar-refractivity contribution in [3.63, 3.8) is 0 Å². The van der Waals surface area contributed by atoms with E-state index in [9.17, 15) is 14.4 Å². The summed E-state index contributed by atoms with van der Waals surface area (Å²) in [5, 5.41) is 17.1. The number of nitrogen functional groups attached to an aromatic ring is 2. The molecule has 1 aliphatic heterocycles. The van der Waals surface area contributed by atoms with Crippen LogP contribution >= 0.6 is 0 Å².